The Balaban J connectivity index is 1.50. The summed E-state index contributed by atoms with van der Waals surface area (Å²) in [7, 11) is 0. The van der Waals surface area contributed by atoms with Crippen molar-refractivity contribution in [1.82, 2.24) is 4.98 Å². The molecular formula is C23H26N2O. The second-order valence-corrected chi connectivity index (χ2v) is 6.74. The van der Waals surface area contributed by atoms with Crippen LogP contribution in [0.1, 0.15) is 43.7 Å². The molecule has 0 radical (unpaired) electrons. The second kappa shape index (κ2) is 9.14. The van der Waals surface area contributed by atoms with E-state index in [1.165, 1.54) is 30.4 Å². The molecular weight excluding hydrogens is 320 g/mol. The molecule has 0 atom stereocenters. The zero-order valence-electron chi connectivity index (χ0n) is 15.4. The highest BCUT2D eigenvalue weighted by molar-refractivity contribution is 5.93. The molecule has 0 bridgehead atoms. The predicted molar refractivity (Wildman–Crippen MR) is 108 cm³/mol. The minimum atomic E-state index is 0.0223. The first-order valence-electron chi connectivity index (χ1n) is 9.47. The number of pyridine rings is 1. The summed E-state index contributed by atoms with van der Waals surface area (Å²) in [6.45, 7) is 2.22. The van der Waals surface area contributed by atoms with Gasteiger partial charge in [-0.3, -0.25) is 9.78 Å². The lowest BCUT2D eigenvalue weighted by molar-refractivity contribution is -0.116. The SMILES string of the molecule is CCCCCc1ccc(CCC(=O)Nc2cnc3ccccc3c2)cc1. The number of aromatic nitrogens is 1. The van der Waals surface area contributed by atoms with Gasteiger partial charge in [0, 0.05) is 11.8 Å². The molecule has 0 fully saturated rings. The normalized spacial score (nSPS) is 10.8. The zero-order chi connectivity index (χ0) is 18.2. The molecule has 0 unspecified atom stereocenters. The van der Waals surface area contributed by atoms with Gasteiger partial charge in [-0.1, -0.05) is 62.2 Å². The second-order valence-electron chi connectivity index (χ2n) is 6.74. The average Bonchev–Trinajstić information content (AvgIpc) is 2.67. The summed E-state index contributed by atoms with van der Waals surface area (Å²) in [5.74, 6) is 0.0223. The molecule has 0 saturated carbocycles. The number of aryl methyl sites for hydroxylation is 2. The van der Waals surface area contributed by atoms with Crippen LogP contribution in [-0.4, -0.2) is 10.9 Å². The molecule has 2 aromatic carbocycles. The highest BCUT2D eigenvalue weighted by atomic mass is 16.1. The number of nitrogens with one attached hydrogen (secondary N) is 1. The Morgan fingerprint density at radius 2 is 1.69 bits per heavy atom. The topological polar surface area (TPSA) is 42.0 Å². The fourth-order valence-electron chi connectivity index (χ4n) is 3.07. The average molecular weight is 346 g/mol. The Hall–Kier alpha value is -2.68. The van der Waals surface area contributed by atoms with Crippen LogP contribution >= 0.6 is 0 Å². The number of hydrogen-bond acceptors (Lipinski definition) is 2. The lowest BCUT2D eigenvalue weighted by atomic mass is 10.0. The largest absolute Gasteiger partial charge is 0.325 e. The molecule has 0 spiro atoms. The van der Waals surface area contributed by atoms with Crippen molar-refractivity contribution in [2.24, 2.45) is 0 Å². The highest BCUT2D eigenvalue weighted by Gasteiger charge is 2.05. The van der Waals surface area contributed by atoms with Crippen molar-refractivity contribution in [3.63, 3.8) is 0 Å². The molecule has 0 aliphatic heterocycles. The number of rotatable bonds is 8. The van der Waals surface area contributed by atoms with Gasteiger partial charge in [-0.15, -0.1) is 0 Å². The smallest absolute Gasteiger partial charge is 0.224 e. The Morgan fingerprint density at radius 3 is 2.46 bits per heavy atom. The zero-order valence-corrected chi connectivity index (χ0v) is 15.4. The first-order valence-corrected chi connectivity index (χ1v) is 9.47. The number of hydrogen-bond donors (Lipinski definition) is 1. The van der Waals surface area contributed by atoms with Gasteiger partial charge < -0.3 is 5.32 Å². The molecule has 0 saturated heterocycles. The summed E-state index contributed by atoms with van der Waals surface area (Å²) >= 11 is 0. The summed E-state index contributed by atoms with van der Waals surface area (Å²) in [5.41, 5.74) is 4.27. The van der Waals surface area contributed by atoms with Gasteiger partial charge in [0.2, 0.25) is 5.91 Å². The predicted octanol–water partition coefficient (Wildman–Crippen LogP) is 5.54. The number of benzene rings is 2. The van der Waals surface area contributed by atoms with E-state index in [-0.39, 0.29) is 5.91 Å². The number of carbonyl (C=O) groups is 1. The van der Waals surface area contributed by atoms with Gasteiger partial charge in [0.25, 0.3) is 0 Å². The number of fused-ring (bicyclic) bond motifs is 1. The van der Waals surface area contributed by atoms with E-state index in [1.807, 2.05) is 30.3 Å². The van der Waals surface area contributed by atoms with Gasteiger partial charge in [-0.2, -0.15) is 0 Å². The van der Waals surface area contributed by atoms with Crippen molar-refractivity contribution in [3.8, 4) is 0 Å². The molecule has 3 aromatic rings. The van der Waals surface area contributed by atoms with E-state index < -0.39 is 0 Å². The molecule has 3 nitrogen and oxygen atoms in total. The maximum absolute atomic E-state index is 12.2. The number of nitrogens with zero attached hydrogens (tertiary/aromatic N) is 1. The van der Waals surface area contributed by atoms with E-state index in [2.05, 4.69) is 41.5 Å². The molecule has 3 heteroatoms. The van der Waals surface area contributed by atoms with Crippen LogP contribution < -0.4 is 5.32 Å². The van der Waals surface area contributed by atoms with E-state index in [4.69, 9.17) is 0 Å². The summed E-state index contributed by atoms with van der Waals surface area (Å²) < 4.78 is 0. The number of carbonyl (C=O) groups excluding carboxylic acids is 1. The number of para-hydroxylation sites is 1. The Kier molecular flexibility index (Phi) is 6.37. The molecule has 134 valence electrons. The third-order valence-corrected chi connectivity index (χ3v) is 4.61. The van der Waals surface area contributed by atoms with Gasteiger partial charge in [-0.05, 0) is 42.5 Å². The Bertz CT molecular complexity index is 855. The van der Waals surface area contributed by atoms with Crippen LogP contribution in [0.4, 0.5) is 5.69 Å². The van der Waals surface area contributed by atoms with Gasteiger partial charge >= 0.3 is 0 Å². The third-order valence-electron chi connectivity index (χ3n) is 4.61. The minimum absolute atomic E-state index is 0.0223. The summed E-state index contributed by atoms with van der Waals surface area (Å²) in [6.07, 6.45) is 7.86. The van der Waals surface area contributed by atoms with Gasteiger partial charge in [0.05, 0.1) is 17.4 Å². The van der Waals surface area contributed by atoms with E-state index in [0.717, 1.165) is 29.4 Å². The van der Waals surface area contributed by atoms with Gasteiger partial charge in [0.15, 0.2) is 0 Å². The van der Waals surface area contributed by atoms with Crippen LogP contribution in [0, 0.1) is 0 Å². The minimum Gasteiger partial charge on any atom is -0.325 e. The van der Waals surface area contributed by atoms with E-state index >= 15 is 0 Å². The first-order chi connectivity index (χ1) is 12.7. The van der Waals surface area contributed by atoms with Crippen LogP contribution in [0.5, 0.6) is 0 Å². The van der Waals surface area contributed by atoms with Crippen LogP contribution in [0.2, 0.25) is 0 Å². The maximum Gasteiger partial charge on any atom is 0.224 e. The van der Waals surface area contributed by atoms with Crippen LogP contribution in [-0.2, 0) is 17.6 Å². The lowest BCUT2D eigenvalue weighted by Crippen LogP contribution is -2.12. The number of anilines is 1. The fourth-order valence-corrected chi connectivity index (χ4v) is 3.07. The molecule has 26 heavy (non-hydrogen) atoms. The summed E-state index contributed by atoms with van der Waals surface area (Å²) in [5, 5.41) is 3.98. The summed E-state index contributed by atoms with van der Waals surface area (Å²) in [4.78, 5) is 16.6. The van der Waals surface area contributed by atoms with Gasteiger partial charge in [0.1, 0.15) is 0 Å². The van der Waals surface area contributed by atoms with E-state index in [9.17, 15) is 4.79 Å². The van der Waals surface area contributed by atoms with Crippen molar-refractivity contribution < 1.29 is 4.79 Å². The fraction of sp³-hybridized carbons (Fsp3) is 0.304. The monoisotopic (exact) mass is 346 g/mol. The van der Waals surface area contributed by atoms with Crippen molar-refractivity contribution in [2.45, 2.75) is 45.4 Å². The molecule has 1 heterocycles. The third kappa shape index (κ3) is 5.16. The quantitative estimate of drug-likeness (QED) is 0.544. The molecule has 3 rings (SSSR count). The Morgan fingerprint density at radius 1 is 0.962 bits per heavy atom. The Labute approximate surface area is 155 Å². The van der Waals surface area contributed by atoms with Crippen molar-refractivity contribution in [3.05, 3.63) is 71.9 Å². The molecule has 1 amide bonds. The van der Waals surface area contributed by atoms with Crippen molar-refractivity contribution in [1.29, 1.82) is 0 Å². The van der Waals surface area contributed by atoms with Gasteiger partial charge in [-0.25, -0.2) is 0 Å². The van der Waals surface area contributed by atoms with Crippen LogP contribution in [0.15, 0.2) is 60.8 Å². The summed E-state index contributed by atoms with van der Waals surface area (Å²) in [6, 6.07) is 18.5. The van der Waals surface area contributed by atoms with E-state index in [0.29, 0.717) is 6.42 Å². The van der Waals surface area contributed by atoms with Crippen LogP contribution in [0.25, 0.3) is 10.9 Å². The van der Waals surface area contributed by atoms with Crippen molar-refractivity contribution in [2.75, 3.05) is 5.32 Å². The molecule has 0 aliphatic rings. The molecule has 1 aromatic heterocycles. The number of amides is 1. The van der Waals surface area contributed by atoms with E-state index in [1.54, 1.807) is 6.20 Å². The standard InChI is InChI=1S/C23H26N2O/c1-2-3-4-7-18-10-12-19(13-11-18)14-15-23(26)25-21-16-20-8-5-6-9-22(20)24-17-21/h5-6,8-13,16-17H,2-4,7,14-15H2,1H3,(H,25,26). The highest BCUT2D eigenvalue weighted by Crippen LogP contribution is 2.16. The number of unbranched alkanes of at least 4 members (excludes halogenated alkanes) is 2. The lowest BCUT2D eigenvalue weighted by Gasteiger charge is -2.07. The van der Waals surface area contributed by atoms with Crippen molar-refractivity contribution >= 4 is 22.5 Å². The molecule has 1 N–H and O–H groups in total. The van der Waals surface area contributed by atoms with Crippen LogP contribution in [0.3, 0.4) is 0 Å². The molecule has 0 aliphatic carbocycles. The maximum atomic E-state index is 12.2. The first kappa shape index (κ1) is 18.1.